The zero-order valence-electron chi connectivity index (χ0n) is 16.0. The fourth-order valence-electron chi connectivity index (χ4n) is 3.21. The standard InChI is InChI=1S/C19H29BO5/c1-17(2)18(3,4)25-20(24-17)16-8-6-15(7-9-16)19(10-11-22-14-19)23-13-12-21-5/h6-9H,10-14H2,1-5H3. The number of methoxy groups -OCH3 is 1. The number of rotatable bonds is 6. The molecule has 138 valence electrons. The predicted molar refractivity (Wildman–Crippen MR) is 97.1 cm³/mol. The molecule has 2 heterocycles. The van der Waals surface area contributed by atoms with E-state index in [-0.39, 0.29) is 23.9 Å². The van der Waals surface area contributed by atoms with Crippen LogP contribution in [0.4, 0.5) is 0 Å². The highest BCUT2D eigenvalue weighted by Gasteiger charge is 2.51. The van der Waals surface area contributed by atoms with E-state index in [0.29, 0.717) is 26.4 Å². The molecule has 0 aromatic heterocycles. The predicted octanol–water partition coefficient (Wildman–Crippen LogP) is 2.26. The van der Waals surface area contributed by atoms with Crippen molar-refractivity contribution >= 4 is 12.6 Å². The van der Waals surface area contributed by atoms with Crippen molar-refractivity contribution in [2.75, 3.05) is 33.5 Å². The lowest BCUT2D eigenvalue weighted by Crippen LogP contribution is -2.41. The first-order valence-electron chi connectivity index (χ1n) is 8.96. The van der Waals surface area contributed by atoms with Gasteiger partial charge in [-0.25, -0.2) is 0 Å². The minimum atomic E-state index is -0.382. The molecular formula is C19H29BO5. The van der Waals surface area contributed by atoms with Crippen LogP contribution < -0.4 is 5.46 Å². The van der Waals surface area contributed by atoms with Crippen LogP contribution >= 0.6 is 0 Å². The van der Waals surface area contributed by atoms with E-state index in [2.05, 4.69) is 52.0 Å². The smallest absolute Gasteiger partial charge is 0.399 e. The zero-order valence-corrected chi connectivity index (χ0v) is 16.0. The van der Waals surface area contributed by atoms with Crippen molar-refractivity contribution < 1.29 is 23.5 Å². The van der Waals surface area contributed by atoms with Crippen molar-refractivity contribution in [1.82, 2.24) is 0 Å². The fraction of sp³-hybridized carbons (Fsp3) is 0.684. The number of benzene rings is 1. The fourth-order valence-corrected chi connectivity index (χ4v) is 3.21. The monoisotopic (exact) mass is 348 g/mol. The summed E-state index contributed by atoms with van der Waals surface area (Å²) in [5.74, 6) is 0. The highest BCUT2D eigenvalue weighted by atomic mass is 16.7. The average Bonchev–Trinajstić information content (AvgIpc) is 3.11. The Bertz CT molecular complexity index is 562. The van der Waals surface area contributed by atoms with Gasteiger partial charge in [0.2, 0.25) is 0 Å². The van der Waals surface area contributed by atoms with Crippen LogP contribution in [0, 0.1) is 0 Å². The molecule has 25 heavy (non-hydrogen) atoms. The third-order valence-electron chi connectivity index (χ3n) is 5.61. The van der Waals surface area contributed by atoms with Gasteiger partial charge in [0, 0.05) is 20.1 Å². The van der Waals surface area contributed by atoms with Crippen molar-refractivity contribution in [3.63, 3.8) is 0 Å². The molecule has 0 aliphatic carbocycles. The molecule has 2 saturated heterocycles. The van der Waals surface area contributed by atoms with Crippen LogP contribution in [0.15, 0.2) is 24.3 Å². The zero-order chi connectivity index (χ0) is 18.1. The Kier molecular flexibility index (Phi) is 5.29. The molecule has 1 atom stereocenters. The third kappa shape index (κ3) is 3.64. The number of ether oxygens (including phenoxy) is 3. The van der Waals surface area contributed by atoms with Gasteiger partial charge in [0.25, 0.3) is 0 Å². The topological polar surface area (TPSA) is 46.2 Å². The van der Waals surface area contributed by atoms with E-state index < -0.39 is 0 Å². The Labute approximate surface area is 151 Å². The summed E-state index contributed by atoms with van der Waals surface area (Å²) in [5.41, 5.74) is 1.10. The maximum Gasteiger partial charge on any atom is 0.494 e. The molecule has 0 spiro atoms. The van der Waals surface area contributed by atoms with Gasteiger partial charge in [-0.3, -0.25) is 0 Å². The van der Waals surface area contributed by atoms with E-state index in [9.17, 15) is 0 Å². The van der Waals surface area contributed by atoms with E-state index in [4.69, 9.17) is 23.5 Å². The van der Waals surface area contributed by atoms with E-state index in [1.54, 1.807) is 7.11 Å². The lowest BCUT2D eigenvalue weighted by molar-refractivity contribution is -0.0701. The lowest BCUT2D eigenvalue weighted by Gasteiger charge is -2.32. The summed E-state index contributed by atoms with van der Waals surface area (Å²) >= 11 is 0. The molecule has 1 aromatic rings. The van der Waals surface area contributed by atoms with Crippen LogP contribution in [-0.4, -0.2) is 51.9 Å². The van der Waals surface area contributed by atoms with E-state index >= 15 is 0 Å². The van der Waals surface area contributed by atoms with Gasteiger partial charge in [-0.05, 0) is 38.7 Å². The molecule has 2 aliphatic rings. The molecule has 0 bridgehead atoms. The molecule has 3 rings (SSSR count). The second kappa shape index (κ2) is 7.01. The molecule has 0 N–H and O–H groups in total. The minimum absolute atomic E-state index is 0.333. The lowest BCUT2D eigenvalue weighted by atomic mass is 9.78. The van der Waals surface area contributed by atoms with Gasteiger partial charge in [0.15, 0.2) is 0 Å². The minimum Gasteiger partial charge on any atom is -0.399 e. The van der Waals surface area contributed by atoms with Gasteiger partial charge in [-0.1, -0.05) is 24.3 Å². The van der Waals surface area contributed by atoms with Gasteiger partial charge >= 0.3 is 7.12 Å². The maximum absolute atomic E-state index is 6.14. The Morgan fingerprint density at radius 2 is 1.64 bits per heavy atom. The molecule has 1 aromatic carbocycles. The summed E-state index contributed by atoms with van der Waals surface area (Å²) in [6.45, 7) is 10.7. The van der Waals surface area contributed by atoms with Crippen LogP contribution in [-0.2, 0) is 29.1 Å². The summed E-state index contributed by atoms with van der Waals surface area (Å²) < 4.78 is 29.1. The van der Waals surface area contributed by atoms with Gasteiger partial charge < -0.3 is 23.5 Å². The first-order chi connectivity index (χ1) is 11.8. The van der Waals surface area contributed by atoms with Crippen molar-refractivity contribution in [2.24, 2.45) is 0 Å². The summed E-state index contributed by atoms with van der Waals surface area (Å²) in [5, 5.41) is 0. The number of hydrogen-bond acceptors (Lipinski definition) is 5. The SMILES string of the molecule is COCCOC1(c2ccc(B3OC(C)(C)C(C)(C)O3)cc2)CCOC1. The molecule has 2 fully saturated rings. The van der Waals surface area contributed by atoms with Crippen molar-refractivity contribution in [1.29, 1.82) is 0 Å². The Morgan fingerprint density at radius 3 is 2.16 bits per heavy atom. The Morgan fingerprint density at radius 1 is 1.00 bits per heavy atom. The summed E-state index contributed by atoms with van der Waals surface area (Å²) in [6.07, 6.45) is 0.854. The largest absolute Gasteiger partial charge is 0.494 e. The molecule has 5 nitrogen and oxygen atoms in total. The molecular weight excluding hydrogens is 319 g/mol. The van der Waals surface area contributed by atoms with Crippen molar-refractivity contribution in [2.45, 2.75) is 50.9 Å². The van der Waals surface area contributed by atoms with Crippen molar-refractivity contribution in [3.05, 3.63) is 29.8 Å². The summed E-state index contributed by atoms with van der Waals surface area (Å²) in [7, 11) is 1.34. The first kappa shape index (κ1) is 18.9. The van der Waals surface area contributed by atoms with E-state index in [1.165, 1.54) is 0 Å². The van der Waals surface area contributed by atoms with E-state index in [0.717, 1.165) is 17.4 Å². The van der Waals surface area contributed by atoms with Crippen LogP contribution in [0.3, 0.4) is 0 Å². The first-order valence-corrected chi connectivity index (χ1v) is 8.96. The normalized spacial score (nSPS) is 27.8. The molecule has 0 radical (unpaired) electrons. The molecule has 6 heteroatoms. The highest BCUT2D eigenvalue weighted by Crippen LogP contribution is 2.37. The number of hydrogen-bond donors (Lipinski definition) is 0. The van der Waals surface area contributed by atoms with Crippen LogP contribution in [0.1, 0.15) is 39.7 Å². The molecule has 1 unspecified atom stereocenters. The average molecular weight is 348 g/mol. The second-order valence-corrected chi connectivity index (χ2v) is 7.85. The highest BCUT2D eigenvalue weighted by molar-refractivity contribution is 6.62. The Balaban J connectivity index is 1.75. The van der Waals surface area contributed by atoms with Crippen LogP contribution in [0.2, 0.25) is 0 Å². The molecule has 2 aliphatic heterocycles. The van der Waals surface area contributed by atoms with Gasteiger partial charge in [0.1, 0.15) is 5.60 Å². The van der Waals surface area contributed by atoms with Gasteiger partial charge in [-0.15, -0.1) is 0 Å². The Hall–Kier alpha value is -0.915. The molecule has 0 amide bonds. The van der Waals surface area contributed by atoms with Crippen LogP contribution in [0.25, 0.3) is 0 Å². The quantitative estimate of drug-likeness (QED) is 0.583. The summed E-state index contributed by atoms with van der Waals surface area (Å²) in [6, 6.07) is 8.33. The van der Waals surface area contributed by atoms with Crippen LogP contribution in [0.5, 0.6) is 0 Å². The second-order valence-electron chi connectivity index (χ2n) is 7.85. The van der Waals surface area contributed by atoms with Gasteiger partial charge in [-0.2, -0.15) is 0 Å². The van der Waals surface area contributed by atoms with E-state index in [1.807, 2.05) is 0 Å². The maximum atomic E-state index is 6.14. The van der Waals surface area contributed by atoms with Crippen molar-refractivity contribution in [3.8, 4) is 0 Å². The molecule has 0 saturated carbocycles. The van der Waals surface area contributed by atoms with Gasteiger partial charge in [0.05, 0.1) is 31.0 Å². The summed E-state index contributed by atoms with van der Waals surface area (Å²) in [4.78, 5) is 0. The third-order valence-corrected chi connectivity index (χ3v) is 5.61.